The number of carbonyl (C=O) groups is 1. The monoisotopic (exact) mass is 250 g/mol. The molecule has 0 rings (SSSR count). The zero-order valence-corrected chi connectivity index (χ0v) is 8.08. The first-order valence-electron chi connectivity index (χ1n) is 3.90. The zero-order valence-electron chi connectivity index (χ0n) is 8.08. The highest BCUT2D eigenvalue weighted by Gasteiger charge is 2.65. The van der Waals surface area contributed by atoms with Crippen LogP contribution in [0.3, 0.4) is 0 Å². The Hall–Kier alpha value is -1.21. The van der Waals surface area contributed by atoms with Gasteiger partial charge < -0.3 is 4.74 Å². The van der Waals surface area contributed by atoms with E-state index in [1.54, 1.807) is 0 Å². The number of ether oxygens (including phenoxy) is 1. The number of carbonyl (C=O) groups excluding carboxylic acids is 1. The van der Waals surface area contributed by atoms with Gasteiger partial charge in [0.1, 0.15) is 6.67 Å². The van der Waals surface area contributed by atoms with Crippen molar-refractivity contribution in [1.82, 2.24) is 0 Å². The number of halogens is 6. The van der Waals surface area contributed by atoms with Crippen LogP contribution in [0.1, 0.15) is 6.92 Å². The minimum Gasteiger partial charge on any atom is -0.393 e. The maximum Gasteiger partial charge on any atom is 0.469 e. The van der Waals surface area contributed by atoms with Gasteiger partial charge in [-0.2, -0.15) is 17.6 Å². The topological polar surface area (TPSA) is 26.3 Å². The minimum atomic E-state index is -5.44. The van der Waals surface area contributed by atoms with Crippen LogP contribution < -0.4 is 0 Å². The van der Waals surface area contributed by atoms with Crippen LogP contribution in [0.4, 0.5) is 26.3 Å². The fourth-order valence-electron chi connectivity index (χ4n) is 0.551. The summed E-state index contributed by atoms with van der Waals surface area (Å²) < 4.78 is 77.2. The van der Waals surface area contributed by atoms with Crippen LogP contribution in [0.2, 0.25) is 0 Å². The highest BCUT2D eigenvalue weighted by Crippen LogP contribution is 2.39. The average Bonchev–Trinajstić information content (AvgIpc) is 2.15. The fraction of sp³-hybridized carbons (Fsp3) is 0.625. The lowest BCUT2D eigenvalue weighted by atomic mass is 10.2. The van der Waals surface area contributed by atoms with E-state index in [0.717, 1.165) is 6.92 Å². The van der Waals surface area contributed by atoms with E-state index in [4.69, 9.17) is 0 Å². The molecule has 8 heteroatoms. The third kappa shape index (κ3) is 2.89. The molecule has 0 N–H and O–H groups in total. The Balaban J connectivity index is 4.90. The van der Waals surface area contributed by atoms with Gasteiger partial charge in [-0.3, -0.25) is 0 Å². The SMILES string of the molecule is C=C(C)C(=O)OC(F)(F)C(F)(F)C(F)CF. The van der Waals surface area contributed by atoms with E-state index in [2.05, 4.69) is 11.3 Å². The van der Waals surface area contributed by atoms with E-state index in [1.165, 1.54) is 0 Å². The minimum absolute atomic E-state index is 0.578. The quantitative estimate of drug-likeness (QED) is 0.426. The van der Waals surface area contributed by atoms with Crippen molar-refractivity contribution in [2.45, 2.75) is 25.1 Å². The van der Waals surface area contributed by atoms with Crippen molar-refractivity contribution in [2.75, 3.05) is 6.67 Å². The number of esters is 1. The van der Waals surface area contributed by atoms with E-state index in [1.807, 2.05) is 0 Å². The maximum atomic E-state index is 12.6. The van der Waals surface area contributed by atoms with Crippen LogP contribution >= 0.6 is 0 Å². The molecule has 94 valence electrons. The molecule has 0 aliphatic rings. The first-order valence-corrected chi connectivity index (χ1v) is 3.90. The van der Waals surface area contributed by atoms with E-state index < -0.39 is 36.4 Å². The van der Waals surface area contributed by atoms with Crippen molar-refractivity contribution in [3.05, 3.63) is 12.2 Å². The van der Waals surface area contributed by atoms with Crippen molar-refractivity contribution < 1.29 is 35.9 Å². The summed E-state index contributed by atoms with van der Waals surface area (Å²) >= 11 is 0. The molecule has 0 aliphatic carbocycles. The van der Waals surface area contributed by atoms with Crippen LogP contribution in [-0.2, 0) is 9.53 Å². The Bertz CT molecular complexity index is 288. The molecule has 0 amide bonds. The molecular weight excluding hydrogens is 242 g/mol. The van der Waals surface area contributed by atoms with Crippen LogP contribution in [0.15, 0.2) is 12.2 Å². The molecule has 0 bridgehead atoms. The largest absolute Gasteiger partial charge is 0.469 e. The van der Waals surface area contributed by atoms with Gasteiger partial charge in [-0.05, 0) is 6.92 Å². The summed E-state index contributed by atoms with van der Waals surface area (Å²) in [5.74, 6) is -7.26. The molecular formula is C8H8F6O2. The highest BCUT2D eigenvalue weighted by atomic mass is 19.3. The lowest BCUT2D eigenvalue weighted by molar-refractivity contribution is -0.345. The molecule has 0 spiro atoms. The smallest absolute Gasteiger partial charge is 0.393 e. The van der Waals surface area contributed by atoms with Gasteiger partial charge in [0, 0.05) is 5.57 Å². The second-order valence-electron chi connectivity index (χ2n) is 2.93. The molecule has 0 aliphatic heterocycles. The predicted octanol–water partition coefficient (Wildman–Crippen LogP) is 2.64. The molecule has 0 aromatic rings. The van der Waals surface area contributed by atoms with Crippen molar-refractivity contribution in [3.63, 3.8) is 0 Å². The standard InChI is InChI=1S/C8H8F6O2/c1-4(2)6(15)16-8(13,14)7(11,12)5(10)3-9/h5H,1,3H2,2H3. The zero-order chi connectivity index (χ0) is 13.1. The Morgan fingerprint density at radius 2 is 1.81 bits per heavy atom. The summed E-state index contributed by atoms with van der Waals surface area (Å²) in [6, 6.07) is 0. The van der Waals surface area contributed by atoms with Gasteiger partial charge in [-0.1, -0.05) is 6.58 Å². The molecule has 0 aromatic carbocycles. The first-order chi connectivity index (χ1) is 7.06. The van der Waals surface area contributed by atoms with Crippen molar-refractivity contribution >= 4 is 5.97 Å². The number of hydrogen-bond donors (Lipinski definition) is 0. The van der Waals surface area contributed by atoms with Gasteiger partial charge in [0.05, 0.1) is 0 Å². The van der Waals surface area contributed by atoms with Gasteiger partial charge >= 0.3 is 18.0 Å². The summed E-state index contributed by atoms with van der Waals surface area (Å²) in [6.45, 7) is 1.47. The van der Waals surface area contributed by atoms with Crippen LogP contribution in [-0.4, -0.2) is 30.8 Å². The summed E-state index contributed by atoms with van der Waals surface area (Å²) in [4.78, 5) is 10.6. The molecule has 2 nitrogen and oxygen atoms in total. The molecule has 1 unspecified atom stereocenters. The van der Waals surface area contributed by atoms with Crippen LogP contribution in [0, 0.1) is 0 Å². The summed E-state index contributed by atoms with van der Waals surface area (Å²) in [7, 11) is 0. The Morgan fingerprint density at radius 3 is 2.12 bits per heavy atom. The Kier molecular flexibility index (Phi) is 4.39. The second-order valence-corrected chi connectivity index (χ2v) is 2.93. The summed E-state index contributed by atoms with van der Waals surface area (Å²) in [5.41, 5.74) is -0.578. The normalized spacial score (nSPS) is 14.4. The maximum absolute atomic E-state index is 12.6. The lowest BCUT2D eigenvalue weighted by Gasteiger charge is -2.26. The van der Waals surface area contributed by atoms with Crippen molar-refractivity contribution in [2.24, 2.45) is 0 Å². The van der Waals surface area contributed by atoms with Gasteiger partial charge in [-0.25, -0.2) is 13.6 Å². The highest BCUT2D eigenvalue weighted by molar-refractivity contribution is 5.87. The van der Waals surface area contributed by atoms with Crippen molar-refractivity contribution in [3.8, 4) is 0 Å². The van der Waals surface area contributed by atoms with E-state index in [9.17, 15) is 31.1 Å². The molecule has 0 saturated heterocycles. The Labute approximate surface area is 86.9 Å². The Morgan fingerprint density at radius 1 is 1.38 bits per heavy atom. The van der Waals surface area contributed by atoms with Crippen LogP contribution in [0.25, 0.3) is 0 Å². The molecule has 1 atom stereocenters. The van der Waals surface area contributed by atoms with Crippen LogP contribution in [0.5, 0.6) is 0 Å². The second kappa shape index (κ2) is 4.75. The molecule has 0 heterocycles. The summed E-state index contributed by atoms with van der Waals surface area (Å²) in [5, 5.41) is 0. The number of alkyl halides is 6. The van der Waals surface area contributed by atoms with Gasteiger partial charge in [-0.15, -0.1) is 0 Å². The lowest BCUT2D eigenvalue weighted by Crippen LogP contribution is -2.51. The number of rotatable bonds is 5. The van der Waals surface area contributed by atoms with E-state index in [0.29, 0.717) is 0 Å². The van der Waals surface area contributed by atoms with Gasteiger partial charge in [0.15, 0.2) is 0 Å². The first kappa shape index (κ1) is 14.8. The van der Waals surface area contributed by atoms with Gasteiger partial charge in [0.2, 0.25) is 6.17 Å². The number of hydrogen-bond acceptors (Lipinski definition) is 2. The third-order valence-corrected chi connectivity index (χ3v) is 1.49. The average molecular weight is 250 g/mol. The molecule has 16 heavy (non-hydrogen) atoms. The van der Waals surface area contributed by atoms with Gasteiger partial charge in [0.25, 0.3) is 0 Å². The molecule has 0 radical (unpaired) electrons. The molecule has 0 fully saturated rings. The molecule has 0 saturated carbocycles. The predicted molar refractivity (Wildman–Crippen MR) is 41.7 cm³/mol. The van der Waals surface area contributed by atoms with E-state index >= 15 is 0 Å². The summed E-state index contributed by atoms with van der Waals surface area (Å²) in [6.07, 6.45) is -9.20. The molecule has 0 aromatic heterocycles. The fourth-order valence-corrected chi connectivity index (χ4v) is 0.551. The van der Waals surface area contributed by atoms with Crippen molar-refractivity contribution in [1.29, 1.82) is 0 Å². The third-order valence-electron chi connectivity index (χ3n) is 1.49. The van der Waals surface area contributed by atoms with E-state index in [-0.39, 0.29) is 0 Å².